The highest BCUT2D eigenvalue weighted by Crippen LogP contribution is 1.87. The largest absolute Gasteiger partial charge is 0.481 e. The fourth-order valence-electron chi connectivity index (χ4n) is 0.586. The normalized spacial score (nSPS) is 11.8. The lowest BCUT2D eigenvalue weighted by atomic mass is 10.2. The number of nitrogens with one attached hydrogen (secondary N) is 1. The molecule has 0 aromatic rings. The molecule has 0 aromatic carbocycles. The molecular weight excluding hydrogens is 178 g/mol. The van der Waals surface area contributed by atoms with Gasteiger partial charge in [0.15, 0.2) is 0 Å². The summed E-state index contributed by atoms with van der Waals surface area (Å²) in [4.78, 5) is 31.2. The van der Waals surface area contributed by atoms with Gasteiger partial charge in [0.2, 0.25) is 11.8 Å². The van der Waals surface area contributed by atoms with Gasteiger partial charge in [-0.2, -0.15) is 0 Å². The third-order valence-corrected chi connectivity index (χ3v) is 1.17. The maximum atomic E-state index is 10.9. The molecule has 0 aliphatic carbocycles. The molecule has 0 fully saturated rings. The van der Waals surface area contributed by atoms with Crippen LogP contribution in [0, 0.1) is 0 Å². The zero-order valence-electron chi connectivity index (χ0n) is 6.82. The molecule has 0 aromatic heterocycles. The highest BCUT2D eigenvalue weighted by Gasteiger charge is 2.16. The van der Waals surface area contributed by atoms with Crippen molar-refractivity contribution in [1.82, 2.24) is 5.32 Å². The van der Waals surface area contributed by atoms with Gasteiger partial charge >= 0.3 is 5.97 Å². The van der Waals surface area contributed by atoms with Crippen LogP contribution < -0.4 is 16.8 Å². The number of hydrogen-bond donors (Lipinski definition) is 4. The fourth-order valence-corrected chi connectivity index (χ4v) is 0.586. The van der Waals surface area contributed by atoms with E-state index < -0.39 is 30.2 Å². The molecule has 0 radical (unpaired) electrons. The van der Waals surface area contributed by atoms with Gasteiger partial charge in [-0.15, -0.1) is 0 Å². The average molecular weight is 189 g/mol. The Morgan fingerprint density at radius 1 is 1.38 bits per heavy atom. The maximum absolute atomic E-state index is 10.9. The summed E-state index contributed by atoms with van der Waals surface area (Å²) in [6.07, 6.45) is -0.482. The zero-order valence-corrected chi connectivity index (χ0v) is 6.82. The SMILES string of the molecule is NC(=O)CNC(=O)C(N)CC(=O)O. The van der Waals surface area contributed by atoms with Crippen LogP contribution >= 0.6 is 0 Å². The van der Waals surface area contributed by atoms with Crippen molar-refractivity contribution < 1.29 is 19.5 Å². The van der Waals surface area contributed by atoms with Crippen molar-refractivity contribution in [2.75, 3.05) is 6.54 Å². The summed E-state index contributed by atoms with van der Waals surface area (Å²) in [5.41, 5.74) is 9.89. The van der Waals surface area contributed by atoms with Gasteiger partial charge in [-0.3, -0.25) is 14.4 Å². The van der Waals surface area contributed by atoms with Crippen LogP contribution in [0.2, 0.25) is 0 Å². The quantitative estimate of drug-likeness (QED) is 0.375. The standard InChI is InChI=1S/C6H11N3O4/c7-3(1-5(11)12)6(13)9-2-4(8)10/h3H,1-2,7H2,(H2,8,10)(H,9,13)(H,11,12). The van der Waals surface area contributed by atoms with Crippen LogP contribution in [0.5, 0.6) is 0 Å². The number of carbonyl (C=O) groups excluding carboxylic acids is 2. The smallest absolute Gasteiger partial charge is 0.305 e. The first-order valence-corrected chi connectivity index (χ1v) is 3.47. The predicted octanol–water partition coefficient (Wildman–Crippen LogP) is -2.61. The summed E-state index contributed by atoms with van der Waals surface area (Å²) in [5, 5.41) is 10.3. The minimum Gasteiger partial charge on any atom is -0.481 e. The van der Waals surface area contributed by atoms with Gasteiger partial charge in [0.25, 0.3) is 0 Å². The molecular formula is C6H11N3O4. The summed E-state index contributed by atoms with van der Waals surface area (Å²) in [6.45, 7) is -0.341. The van der Waals surface area contributed by atoms with E-state index in [1.807, 2.05) is 0 Å². The highest BCUT2D eigenvalue weighted by molar-refractivity contribution is 5.89. The van der Waals surface area contributed by atoms with E-state index in [1.54, 1.807) is 0 Å². The summed E-state index contributed by atoms with van der Waals surface area (Å²) in [6, 6.07) is -1.16. The molecule has 0 heterocycles. The second-order valence-corrected chi connectivity index (χ2v) is 2.39. The number of hydrogen-bond acceptors (Lipinski definition) is 4. The van der Waals surface area contributed by atoms with Crippen molar-refractivity contribution in [3.8, 4) is 0 Å². The van der Waals surface area contributed by atoms with Gasteiger partial charge in [0.05, 0.1) is 19.0 Å². The molecule has 7 heteroatoms. The van der Waals surface area contributed by atoms with Crippen LogP contribution in [-0.4, -0.2) is 35.5 Å². The lowest BCUT2D eigenvalue weighted by molar-refractivity contribution is -0.139. The molecule has 0 aliphatic heterocycles. The number of aliphatic carboxylic acids is 1. The van der Waals surface area contributed by atoms with Crippen LogP contribution in [0.4, 0.5) is 0 Å². The van der Waals surface area contributed by atoms with E-state index in [2.05, 4.69) is 5.32 Å². The minimum atomic E-state index is -1.18. The van der Waals surface area contributed by atoms with Gasteiger partial charge in [-0.25, -0.2) is 0 Å². The van der Waals surface area contributed by atoms with Crippen LogP contribution in [0.3, 0.4) is 0 Å². The summed E-state index contributed by atoms with van der Waals surface area (Å²) >= 11 is 0. The number of carbonyl (C=O) groups is 3. The van der Waals surface area contributed by atoms with Crippen molar-refractivity contribution in [2.45, 2.75) is 12.5 Å². The first-order valence-electron chi connectivity index (χ1n) is 3.47. The Balaban J connectivity index is 3.82. The number of rotatable bonds is 5. The van der Waals surface area contributed by atoms with E-state index in [0.717, 1.165) is 0 Å². The molecule has 0 bridgehead atoms. The number of carboxylic acid groups (broad SMARTS) is 1. The molecule has 74 valence electrons. The minimum absolute atomic E-state index is 0.341. The van der Waals surface area contributed by atoms with E-state index in [-0.39, 0.29) is 6.54 Å². The molecule has 13 heavy (non-hydrogen) atoms. The van der Waals surface area contributed by atoms with Crippen molar-refractivity contribution in [2.24, 2.45) is 11.5 Å². The second kappa shape index (κ2) is 5.09. The van der Waals surface area contributed by atoms with E-state index in [1.165, 1.54) is 0 Å². The molecule has 0 saturated carbocycles. The second-order valence-electron chi connectivity index (χ2n) is 2.39. The average Bonchev–Trinajstić information content (AvgIpc) is 1.98. The molecule has 7 nitrogen and oxygen atoms in total. The predicted molar refractivity (Wildman–Crippen MR) is 42.4 cm³/mol. The molecule has 1 unspecified atom stereocenters. The summed E-state index contributed by atoms with van der Waals surface area (Å²) in [7, 11) is 0. The Labute approximate surface area is 74.1 Å². The number of amides is 2. The maximum Gasteiger partial charge on any atom is 0.305 e. The third kappa shape index (κ3) is 5.62. The highest BCUT2D eigenvalue weighted by atomic mass is 16.4. The Kier molecular flexibility index (Phi) is 4.45. The van der Waals surface area contributed by atoms with Crippen molar-refractivity contribution in [3.63, 3.8) is 0 Å². The Hall–Kier alpha value is -1.63. The van der Waals surface area contributed by atoms with Crippen molar-refractivity contribution in [1.29, 1.82) is 0 Å². The van der Waals surface area contributed by atoms with E-state index in [9.17, 15) is 14.4 Å². The summed E-state index contributed by atoms with van der Waals surface area (Å²) in [5.74, 6) is -2.60. The molecule has 0 saturated heterocycles. The van der Waals surface area contributed by atoms with Crippen molar-refractivity contribution >= 4 is 17.8 Å². The van der Waals surface area contributed by atoms with Gasteiger partial charge < -0.3 is 21.9 Å². The van der Waals surface area contributed by atoms with Gasteiger partial charge in [-0.05, 0) is 0 Å². The molecule has 1 atom stereocenters. The molecule has 2 amide bonds. The number of carboxylic acids is 1. The Morgan fingerprint density at radius 2 is 1.92 bits per heavy atom. The third-order valence-electron chi connectivity index (χ3n) is 1.17. The zero-order chi connectivity index (χ0) is 10.4. The lowest BCUT2D eigenvalue weighted by Crippen LogP contribution is -2.44. The van der Waals surface area contributed by atoms with Crippen molar-refractivity contribution in [3.05, 3.63) is 0 Å². The van der Waals surface area contributed by atoms with Gasteiger partial charge in [0, 0.05) is 0 Å². The molecule has 0 aliphatic rings. The summed E-state index contributed by atoms with van der Waals surface area (Å²) < 4.78 is 0. The van der Waals surface area contributed by atoms with Crippen LogP contribution in [-0.2, 0) is 14.4 Å². The van der Waals surface area contributed by atoms with Gasteiger partial charge in [-0.1, -0.05) is 0 Å². The first kappa shape index (κ1) is 11.4. The Morgan fingerprint density at radius 3 is 2.31 bits per heavy atom. The number of nitrogens with two attached hydrogens (primary N) is 2. The van der Waals surface area contributed by atoms with E-state index >= 15 is 0 Å². The fraction of sp³-hybridized carbons (Fsp3) is 0.500. The number of primary amides is 1. The molecule has 0 spiro atoms. The molecule has 0 rings (SSSR count). The van der Waals surface area contributed by atoms with Gasteiger partial charge in [0.1, 0.15) is 0 Å². The molecule has 6 N–H and O–H groups in total. The topological polar surface area (TPSA) is 136 Å². The monoisotopic (exact) mass is 189 g/mol. The van der Waals surface area contributed by atoms with E-state index in [4.69, 9.17) is 16.6 Å². The van der Waals surface area contributed by atoms with Crippen LogP contribution in [0.25, 0.3) is 0 Å². The van der Waals surface area contributed by atoms with Crippen LogP contribution in [0.15, 0.2) is 0 Å². The first-order chi connectivity index (χ1) is 5.93. The lowest BCUT2D eigenvalue weighted by Gasteiger charge is -2.07. The van der Waals surface area contributed by atoms with E-state index in [0.29, 0.717) is 0 Å². The van der Waals surface area contributed by atoms with Crippen LogP contribution in [0.1, 0.15) is 6.42 Å². The Bertz CT molecular complexity index is 228.